The van der Waals surface area contributed by atoms with Crippen LogP contribution in [0.4, 0.5) is 0 Å². The van der Waals surface area contributed by atoms with Gasteiger partial charge in [0.2, 0.25) is 0 Å². The molecule has 1 rings (SSSR count). The molecule has 0 aliphatic carbocycles. The van der Waals surface area contributed by atoms with Gasteiger partial charge in [0, 0.05) is 17.1 Å². The van der Waals surface area contributed by atoms with Crippen molar-refractivity contribution in [1.82, 2.24) is 0 Å². The highest BCUT2D eigenvalue weighted by molar-refractivity contribution is 5.85. The van der Waals surface area contributed by atoms with Gasteiger partial charge in [-0.1, -0.05) is 101 Å². The van der Waals surface area contributed by atoms with Gasteiger partial charge in [0.25, 0.3) is 0 Å². The van der Waals surface area contributed by atoms with Crippen molar-refractivity contribution in [2.24, 2.45) is 50.5 Å². The molecule has 0 amide bonds. The Morgan fingerprint density at radius 1 is 0.385 bits per heavy atom. The molecule has 0 N–H and O–H groups in total. The second kappa shape index (κ2) is 18.6. The maximum atomic E-state index is 5.15. The van der Waals surface area contributed by atoms with E-state index >= 15 is 0 Å². The number of benzene rings is 1. The van der Waals surface area contributed by atoms with Gasteiger partial charge in [0.1, 0.15) is 0 Å². The number of aliphatic imine (C=N–C) groups is 3. The van der Waals surface area contributed by atoms with Crippen molar-refractivity contribution in [1.29, 1.82) is 0 Å². The number of rotatable bonds is 18. The zero-order chi connectivity index (χ0) is 29.5. The second-order valence-corrected chi connectivity index (χ2v) is 14.4. The van der Waals surface area contributed by atoms with Crippen molar-refractivity contribution in [3.63, 3.8) is 0 Å². The highest BCUT2D eigenvalue weighted by Gasteiger charge is 2.10. The number of nitrogens with zero attached hydrogens (tertiary/aromatic N) is 3. The lowest BCUT2D eigenvalue weighted by atomic mass is 9.98. The quantitative estimate of drug-likeness (QED) is 0.167. The highest BCUT2D eigenvalue weighted by Crippen LogP contribution is 2.19. The Kier molecular flexibility index (Phi) is 16.8. The summed E-state index contributed by atoms with van der Waals surface area (Å²) < 4.78 is 0. The van der Waals surface area contributed by atoms with E-state index in [0.717, 1.165) is 58.2 Å². The van der Waals surface area contributed by atoms with Crippen molar-refractivity contribution >= 4 is 17.1 Å². The predicted octanol–water partition coefficient (Wildman–Crippen LogP) is 10.8. The lowest BCUT2D eigenvalue weighted by molar-refractivity contribution is 0.632. The first kappa shape index (κ1) is 35.3. The molecule has 0 fully saturated rings. The third-order valence-corrected chi connectivity index (χ3v) is 6.43. The number of hydrogen-bond acceptors (Lipinski definition) is 3. The minimum Gasteiger partial charge on any atom is -0.289 e. The molecule has 0 saturated carbocycles. The van der Waals surface area contributed by atoms with E-state index in [-0.39, 0.29) is 0 Å². The van der Waals surface area contributed by atoms with Gasteiger partial charge in [0.05, 0.1) is 19.6 Å². The molecule has 0 aliphatic rings. The Morgan fingerprint density at radius 3 is 0.718 bits per heavy atom. The lowest BCUT2D eigenvalue weighted by Gasteiger charge is -2.14. The lowest BCUT2D eigenvalue weighted by Crippen LogP contribution is -2.09. The first-order valence-electron chi connectivity index (χ1n) is 15.9. The van der Waals surface area contributed by atoms with Crippen molar-refractivity contribution < 1.29 is 0 Å². The van der Waals surface area contributed by atoms with E-state index in [9.17, 15) is 0 Å². The van der Waals surface area contributed by atoms with E-state index in [1.54, 1.807) is 0 Å². The summed E-state index contributed by atoms with van der Waals surface area (Å²) in [5.74, 6) is 3.80. The highest BCUT2D eigenvalue weighted by atomic mass is 14.8. The Labute approximate surface area is 243 Å². The molecule has 0 unspecified atom stereocenters. The zero-order valence-corrected chi connectivity index (χ0v) is 27.9. The summed E-state index contributed by atoms with van der Waals surface area (Å²) >= 11 is 0. The summed E-state index contributed by atoms with van der Waals surface area (Å²) in [6.07, 6.45) is 6.51. The number of hydrogen-bond donors (Lipinski definition) is 0. The van der Waals surface area contributed by atoms with Crippen LogP contribution in [0, 0.1) is 35.5 Å². The molecule has 1 aromatic rings. The van der Waals surface area contributed by atoms with E-state index in [2.05, 4.69) is 101 Å². The molecular weight excluding hydrogens is 474 g/mol. The second-order valence-electron chi connectivity index (χ2n) is 14.4. The predicted molar refractivity (Wildman–Crippen MR) is 177 cm³/mol. The third kappa shape index (κ3) is 17.5. The first-order valence-corrected chi connectivity index (χ1v) is 15.9. The van der Waals surface area contributed by atoms with Crippen LogP contribution in [-0.2, 0) is 19.6 Å². The summed E-state index contributed by atoms with van der Waals surface area (Å²) in [6.45, 7) is 29.8. The van der Waals surface area contributed by atoms with Crippen LogP contribution in [0.2, 0.25) is 0 Å². The van der Waals surface area contributed by atoms with Crippen molar-refractivity contribution in [2.75, 3.05) is 0 Å². The molecule has 39 heavy (non-hydrogen) atoms. The van der Waals surface area contributed by atoms with Crippen LogP contribution in [0.1, 0.15) is 138 Å². The van der Waals surface area contributed by atoms with E-state index < -0.39 is 0 Å². The Hall–Kier alpha value is -1.77. The standard InChI is InChI=1S/C36H63N3/c1-25(2)13-34(14-26(3)4)37-22-31-19-32(23-38-35(15-27(5)6)16-28(7)8)21-33(20-31)24-39-36(17-29(9)10)18-30(11)12/h19-21,25-30H,13-18,22-24H2,1-12H3. The SMILES string of the molecule is CC(C)CC(CC(C)C)=NCc1cc(CN=C(CC(C)C)CC(C)C)cc(CN=C(CC(C)C)CC(C)C)c1. The third-order valence-electron chi connectivity index (χ3n) is 6.43. The normalized spacial score (nSPS) is 11.8. The Bertz CT molecular complexity index is 746. The van der Waals surface area contributed by atoms with Crippen LogP contribution in [0.3, 0.4) is 0 Å². The van der Waals surface area contributed by atoms with Gasteiger partial charge < -0.3 is 0 Å². The van der Waals surface area contributed by atoms with Gasteiger partial charge in [-0.05, 0) is 90.7 Å². The van der Waals surface area contributed by atoms with Crippen LogP contribution in [0.25, 0.3) is 0 Å². The molecule has 0 aliphatic heterocycles. The average Bonchev–Trinajstić information content (AvgIpc) is 2.77. The van der Waals surface area contributed by atoms with Crippen molar-refractivity contribution in [3.05, 3.63) is 34.9 Å². The van der Waals surface area contributed by atoms with E-state index in [0.29, 0.717) is 35.5 Å². The van der Waals surface area contributed by atoms with E-state index in [1.165, 1.54) is 33.8 Å². The van der Waals surface area contributed by atoms with E-state index in [4.69, 9.17) is 15.0 Å². The molecule has 3 heteroatoms. The molecule has 0 saturated heterocycles. The summed E-state index contributed by atoms with van der Waals surface area (Å²) in [7, 11) is 0. The van der Waals surface area contributed by atoms with Crippen molar-refractivity contribution in [2.45, 2.75) is 141 Å². The molecule has 0 spiro atoms. The van der Waals surface area contributed by atoms with Gasteiger partial charge in [-0.25, -0.2) is 0 Å². The van der Waals surface area contributed by atoms with Crippen LogP contribution < -0.4 is 0 Å². The molecule has 0 heterocycles. The Balaban J connectivity index is 3.37. The fourth-order valence-electron chi connectivity index (χ4n) is 5.19. The zero-order valence-electron chi connectivity index (χ0n) is 27.9. The summed E-state index contributed by atoms with van der Waals surface area (Å²) in [6, 6.07) is 7.02. The fraction of sp³-hybridized carbons (Fsp3) is 0.750. The molecule has 3 nitrogen and oxygen atoms in total. The summed E-state index contributed by atoms with van der Waals surface area (Å²) in [4.78, 5) is 15.4. The van der Waals surface area contributed by atoms with E-state index in [1.807, 2.05) is 0 Å². The first-order chi connectivity index (χ1) is 18.2. The van der Waals surface area contributed by atoms with Gasteiger partial charge in [0.15, 0.2) is 0 Å². The van der Waals surface area contributed by atoms with Gasteiger partial charge in [-0.2, -0.15) is 0 Å². The molecule has 222 valence electrons. The molecule has 0 radical (unpaired) electrons. The maximum absolute atomic E-state index is 5.15. The molecule has 1 aromatic carbocycles. The Morgan fingerprint density at radius 2 is 0.564 bits per heavy atom. The summed E-state index contributed by atoms with van der Waals surface area (Å²) in [5.41, 5.74) is 7.95. The topological polar surface area (TPSA) is 37.1 Å². The van der Waals surface area contributed by atoms with Gasteiger partial charge >= 0.3 is 0 Å². The molecule has 0 bridgehead atoms. The minimum atomic E-state index is 0.633. The molecule has 0 aromatic heterocycles. The van der Waals surface area contributed by atoms with Crippen LogP contribution in [-0.4, -0.2) is 17.1 Å². The van der Waals surface area contributed by atoms with Crippen LogP contribution in [0.5, 0.6) is 0 Å². The average molecular weight is 538 g/mol. The monoisotopic (exact) mass is 538 g/mol. The smallest absolute Gasteiger partial charge is 0.0639 e. The van der Waals surface area contributed by atoms with Crippen LogP contribution in [0.15, 0.2) is 33.2 Å². The molecule has 0 atom stereocenters. The van der Waals surface area contributed by atoms with Gasteiger partial charge in [-0.15, -0.1) is 0 Å². The van der Waals surface area contributed by atoms with Crippen molar-refractivity contribution in [3.8, 4) is 0 Å². The largest absolute Gasteiger partial charge is 0.289 e. The molecular formula is C36H63N3. The summed E-state index contributed by atoms with van der Waals surface area (Å²) in [5, 5.41) is 0. The van der Waals surface area contributed by atoms with Gasteiger partial charge in [-0.3, -0.25) is 15.0 Å². The van der Waals surface area contributed by atoms with Crippen LogP contribution >= 0.6 is 0 Å². The maximum Gasteiger partial charge on any atom is 0.0639 e. The minimum absolute atomic E-state index is 0.633. The fourth-order valence-corrected chi connectivity index (χ4v) is 5.19.